The Morgan fingerprint density at radius 1 is 0.833 bits per heavy atom. The van der Waals surface area contributed by atoms with Gasteiger partial charge in [0.05, 0.1) is 56.5 Å². The fraction of sp³-hybridized carbons (Fsp3) is 0.375. The number of likely N-dealkylation sites (N-methyl/N-ethyl adjacent to an activating group) is 1. The van der Waals surface area contributed by atoms with Gasteiger partial charge in [-0.15, -0.1) is 21.5 Å². The molecule has 1 unspecified atom stereocenters. The van der Waals surface area contributed by atoms with Gasteiger partial charge in [0.1, 0.15) is 41.0 Å². The van der Waals surface area contributed by atoms with Crippen molar-refractivity contribution in [2.75, 3.05) is 65.2 Å². The Kier molecular flexibility index (Phi) is 14.5. The van der Waals surface area contributed by atoms with Crippen molar-refractivity contribution in [3.63, 3.8) is 0 Å². The highest BCUT2D eigenvalue weighted by atomic mass is 35.5. The maximum atomic E-state index is 13.6. The Morgan fingerprint density at radius 3 is 2.26 bits per heavy atom. The summed E-state index contributed by atoms with van der Waals surface area (Å²) in [5.74, 6) is 0.0808. The van der Waals surface area contributed by atoms with Crippen molar-refractivity contribution in [2.24, 2.45) is 4.99 Å². The lowest BCUT2D eigenvalue weighted by Gasteiger charge is -2.32. The molecule has 3 aliphatic rings. The molecule has 3 aliphatic heterocycles. The number of hydrogen-bond acceptors (Lipinski definition) is 14. The zero-order valence-corrected chi connectivity index (χ0v) is 38.7. The first-order valence-corrected chi connectivity index (χ1v) is 23.0. The molecule has 1 saturated heterocycles. The Bertz CT molecular complexity index is 2680. The van der Waals surface area contributed by atoms with Crippen LogP contribution in [0.15, 0.2) is 71.7 Å². The summed E-state index contributed by atoms with van der Waals surface area (Å²) >= 11 is 7.92. The Balaban J connectivity index is 0.716. The number of piperidine rings is 1. The largest absolute Gasteiger partial charge is 0.491 e. The number of carbonyl (C=O) groups is 5. The summed E-state index contributed by atoms with van der Waals surface area (Å²) in [4.78, 5) is 73.2. The van der Waals surface area contributed by atoms with Gasteiger partial charge in [-0.1, -0.05) is 41.9 Å². The standard InChI is InChI=1S/C48H50ClN7O9S/c1-28-29(2)66-48-41(28)43(32-10-12-33(49)13-11-32)51-38(44-53-52-30(3)55(44)48)27-34(57)26-31-8-14-35(15-9-31)65-25-24-64-23-22-63-21-20-62-19-18-50-37-7-5-6-36-42(37)47(61)56(45(36)59)39-16-17-40(58)54(4)46(39)60/h5-15,38-39,50H,16-27H2,1-4H3/t38-,39?/m0/s1. The Labute approximate surface area is 390 Å². The summed E-state index contributed by atoms with van der Waals surface area (Å²) < 4.78 is 24.8. The average molecular weight is 936 g/mol. The Morgan fingerprint density at radius 2 is 1.53 bits per heavy atom. The van der Waals surface area contributed by atoms with Crippen LogP contribution in [0.1, 0.15) is 84.8 Å². The topological polar surface area (TPSA) is 184 Å². The molecule has 0 saturated carbocycles. The highest BCUT2D eigenvalue weighted by molar-refractivity contribution is 7.15. The van der Waals surface area contributed by atoms with E-state index in [2.05, 4.69) is 29.4 Å². The predicted molar refractivity (Wildman–Crippen MR) is 247 cm³/mol. The van der Waals surface area contributed by atoms with Gasteiger partial charge in [-0.3, -0.25) is 43.3 Å². The SMILES string of the molecule is Cc1sc2c(c1C)C(c1ccc(Cl)cc1)=N[C@@H](CC(=O)Cc1ccc(OCCOCCOCCOCCNc3cccc4c3C(=O)N(C3CCC(=O)N(C)C3=O)C4=O)cc1)c1nnc(C)n1-2. The number of carbonyl (C=O) groups excluding carboxylic acids is 5. The number of aromatic nitrogens is 3. The molecule has 5 heterocycles. The summed E-state index contributed by atoms with van der Waals surface area (Å²) in [5, 5.41) is 13.7. The number of rotatable bonds is 20. The van der Waals surface area contributed by atoms with Gasteiger partial charge in [0.25, 0.3) is 17.7 Å². The van der Waals surface area contributed by atoms with E-state index in [4.69, 9.17) is 35.5 Å². The van der Waals surface area contributed by atoms with Crippen LogP contribution in [0.4, 0.5) is 5.69 Å². The van der Waals surface area contributed by atoms with Crippen molar-refractivity contribution in [3.8, 4) is 10.8 Å². The van der Waals surface area contributed by atoms with Gasteiger partial charge in [-0.05, 0) is 74.7 Å². The van der Waals surface area contributed by atoms with Crippen molar-refractivity contribution >= 4 is 63.7 Å². The van der Waals surface area contributed by atoms with Crippen molar-refractivity contribution in [1.29, 1.82) is 0 Å². The number of ether oxygens (including phenoxy) is 4. The van der Waals surface area contributed by atoms with Crippen LogP contribution in [-0.4, -0.2) is 126 Å². The first-order chi connectivity index (χ1) is 31.9. The zero-order valence-electron chi connectivity index (χ0n) is 37.1. The molecule has 2 atom stereocenters. The molecule has 344 valence electrons. The van der Waals surface area contributed by atoms with Crippen LogP contribution in [0.2, 0.25) is 5.02 Å². The lowest BCUT2D eigenvalue weighted by molar-refractivity contribution is -0.149. The highest BCUT2D eigenvalue weighted by Gasteiger charge is 2.47. The van der Waals surface area contributed by atoms with Gasteiger partial charge in [0, 0.05) is 59.6 Å². The molecule has 66 heavy (non-hydrogen) atoms. The molecule has 3 aromatic carbocycles. The first-order valence-electron chi connectivity index (χ1n) is 21.8. The van der Waals surface area contributed by atoms with Crippen molar-refractivity contribution in [2.45, 2.75) is 58.5 Å². The number of aryl methyl sites for hydroxylation is 2. The van der Waals surface area contributed by atoms with Crippen LogP contribution >= 0.6 is 22.9 Å². The van der Waals surface area contributed by atoms with Gasteiger partial charge >= 0.3 is 0 Å². The van der Waals surface area contributed by atoms with Crippen LogP contribution < -0.4 is 10.1 Å². The summed E-state index contributed by atoms with van der Waals surface area (Å²) in [5.41, 5.74) is 5.65. The summed E-state index contributed by atoms with van der Waals surface area (Å²) in [6.07, 6.45) is 0.579. The molecule has 0 aliphatic carbocycles. The van der Waals surface area contributed by atoms with E-state index >= 15 is 0 Å². The minimum atomic E-state index is -1.01. The molecule has 2 aromatic heterocycles. The molecule has 4 amide bonds. The third-order valence-electron chi connectivity index (χ3n) is 11.8. The summed E-state index contributed by atoms with van der Waals surface area (Å²) in [7, 11) is 1.36. The third-order valence-corrected chi connectivity index (χ3v) is 13.2. The lowest BCUT2D eigenvalue weighted by Crippen LogP contribution is -2.54. The third kappa shape index (κ3) is 9.85. The van der Waals surface area contributed by atoms with Crippen LogP contribution in [-0.2, 0) is 35.0 Å². The molecule has 0 radical (unpaired) electrons. The quantitative estimate of drug-likeness (QED) is 0.0682. The molecule has 0 bridgehead atoms. The number of nitrogens with one attached hydrogen (secondary N) is 1. The van der Waals surface area contributed by atoms with Gasteiger partial charge in [-0.2, -0.15) is 0 Å². The number of hydrogen-bond donors (Lipinski definition) is 1. The molecule has 18 heteroatoms. The Hall–Kier alpha value is -6.11. The van der Waals surface area contributed by atoms with E-state index in [0.29, 0.717) is 75.1 Å². The number of Topliss-reactive ketones (excluding diaryl/α,β-unsaturated/α-hetero) is 1. The second kappa shape index (κ2) is 20.6. The van der Waals surface area contributed by atoms with Gasteiger partial charge < -0.3 is 24.3 Å². The molecular weight excluding hydrogens is 886 g/mol. The molecular formula is C48H50ClN7O9S. The highest BCUT2D eigenvalue weighted by Crippen LogP contribution is 2.40. The molecule has 0 spiro atoms. The monoisotopic (exact) mass is 935 g/mol. The summed E-state index contributed by atoms with van der Waals surface area (Å²) in [6.45, 7) is 8.97. The fourth-order valence-electron chi connectivity index (χ4n) is 8.24. The van der Waals surface area contributed by atoms with E-state index in [1.165, 1.54) is 11.9 Å². The number of likely N-dealkylation sites (tertiary alicyclic amines) is 1. The number of imide groups is 2. The number of halogens is 1. The van der Waals surface area contributed by atoms with E-state index in [1.807, 2.05) is 60.0 Å². The minimum Gasteiger partial charge on any atom is -0.491 e. The minimum absolute atomic E-state index is 0.0276. The first kappa shape index (κ1) is 46.4. The fourth-order valence-corrected chi connectivity index (χ4v) is 9.58. The molecule has 1 fully saturated rings. The average Bonchev–Trinajstić information content (AvgIpc) is 3.89. The number of nitrogens with zero attached hydrogens (tertiary/aromatic N) is 6. The smallest absolute Gasteiger partial charge is 0.264 e. The second-order valence-electron chi connectivity index (χ2n) is 16.1. The maximum absolute atomic E-state index is 13.6. The van der Waals surface area contributed by atoms with Gasteiger partial charge in [-0.25, -0.2) is 0 Å². The maximum Gasteiger partial charge on any atom is 0.264 e. The van der Waals surface area contributed by atoms with E-state index in [0.717, 1.165) is 48.6 Å². The number of ketones is 1. The van der Waals surface area contributed by atoms with Crippen molar-refractivity contribution in [1.82, 2.24) is 24.6 Å². The molecule has 5 aromatic rings. The number of amides is 4. The van der Waals surface area contributed by atoms with Crippen LogP contribution in [0, 0.1) is 20.8 Å². The van der Waals surface area contributed by atoms with E-state index in [9.17, 15) is 24.0 Å². The molecule has 8 rings (SSSR count). The van der Waals surface area contributed by atoms with Crippen LogP contribution in [0.3, 0.4) is 0 Å². The molecule has 16 nitrogen and oxygen atoms in total. The van der Waals surface area contributed by atoms with Crippen molar-refractivity contribution in [3.05, 3.63) is 122 Å². The second-order valence-corrected chi connectivity index (χ2v) is 17.8. The van der Waals surface area contributed by atoms with E-state index in [-0.39, 0.29) is 48.5 Å². The normalized spacial score (nSPS) is 16.8. The van der Waals surface area contributed by atoms with Gasteiger partial charge in [0.15, 0.2) is 5.82 Å². The van der Waals surface area contributed by atoms with E-state index < -0.39 is 29.8 Å². The number of fused-ring (bicyclic) bond motifs is 4. The number of aliphatic imine (C=N–C) groups is 1. The van der Waals surface area contributed by atoms with E-state index in [1.54, 1.807) is 29.5 Å². The van der Waals surface area contributed by atoms with Crippen LogP contribution in [0.25, 0.3) is 5.00 Å². The lowest BCUT2D eigenvalue weighted by atomic mass is 9.99. The van der Waals surface area contributed by atoms with Gasteiger partial charge in [0.2, 0.25) is 5.91 Å². The number of thiophene rings is 1. The van der Waals surface area contributed by atoms with Crippen molar-refractivity contribution < 1.29 is 42.9 Å². The zero-order chi connectivity index (χ0) is 46.5. The predicted octanol–water partition coefficient (Wildman–Crippen LogP) is 6.29. The van der Waals surface area contributed by atoms with Crippen LogP contribution in [0.5, 0.6) is 5.75 Å². The number of benzene rings is 3. The summed E-state index contributed by atoms with van der Waals surface area (Å²) in [6, 6.07) is 18.5. The molecule has 1 N–H and O–H groups in total. The number of anilines is 1.